The van der Waals surface area contributed by atoms with Crippen molar-refractivity contribution < 1.29 is 14.3 Å². The van der Waals surface area contributed by atoms with Crippen molar-refractivity contribution in [1.82, 2.24) is 4.90 Å². The summed E-state index contributed by atoms with van der Waals surface area (Å²) in [5, 5.41) is 0. The molecular formula is C20H33ClN2O3. The second-order valence-electron chi connectivity index (χ2n) is 6.91. The highest BCUT2D eigenvalue weighted by atomic mass is 35.5. The minimum absolute atomic E-state index is 0. The first kappa shape index (κ1) is 22.7. The molecule has 0 radical (unpaired) electrons. The first-order valence-electron chi connectivity index (χ1n) is 9.30. The van der Waals surface area contributed by atoms with Gasteiger partial charge in [-0.1, -0.05) is 19.1 Å². The van der Waals surface area contributed by atoms with Gasteiger partial charge in [-0.2, -0.15) is 0 Å². The van der Waals surface area contributed by atoms with E-state index in [1.807, 2.05) is 24.1 Å². The zero-order chi connectivity index (χ0) is 18.2. The van der Waals surface area contributed by atoms with Crippen LogP contribution in [0, 0.1) is 5.92 Å². The number of hydrogen-bond acceptors (Lipinski definition) is 4. The van der Waals surface area contributed by atoms with Crippen LogP contribution in [0.5, 0.6) is 5.75 Å². The number of benzene rings is 1. The first-order valence-corrected chi connectivity index (χ1v) is 9.30. The highest BCUT2D eigenvalue weighted by molar-refractivity contribution is 5.85. The smallest absolute Gasteiger partial charge is 0.225 e. The van der Waals surface area contributed by atoms with Crippen LogP contribution >= 0.6 is 12.4 Å². The molecule has 1 aliphatic rings. The molecule has 2 rings (SSSR count). The molecule has 0 aromatic heterocycles. The predicted molar refractivity (Wildman–Crippen MR) is 107 cm³/mol. The average Bonchev–Trinajstić information content (AvgIpc) is 2.64. The molecule has 0 heterocycles. The largest absolute Gasteiger partial charge is 0.494 e. The maximum Gasteiger partial charge on any atom is 0.225 e. The molecule has 0 bridgehead atoms. The summed E-state index contributed by atoms with van der Waals surface area (Å²) in [4.78, 5) is 14.4. The van der Waals surface area contributed by atoms with Crippen molar-refractivity contribution in [2.45, 2.75) is 51.2 Å². The number of ether oxygens (including phenoxy) is 2. The van der Waals surface area contributed by atoms with Crippen molar-refractivity contribution in [3.05, 3.63) is 29.8 Å². The van der Waals surface area contributed by atoms with Crippen molar-refractivity contribution in [2.75, 3.05) is 27.3 Å². The molecule has 1 fully saturated rings. The van der Waals surface area contributed by atoms with Gasteiger partial charge in [0.2, 0.25) is 5.91 Å². The zero-order valence-electron chi connectivity index (χ0n) is 16.1. The third-order valence-electron chi connectivity index (χ3n) is 5.08. The lowest BCUT2D eigenvalue weighted by Gasteiger charge is -2.34. The van der Waals surface area contributed by atoms with Gasteiger partial charge in [-0.05, 0) is 49.8 Å². The summed E-state index contributed by atoms with van der Waals surface area (Å²) in [5.41, 5.74) is 7.38. The van der Waals surface area contributed by atoms with Crippen LogP contribution in [0.2, 0.25) is 0 Å². The monoisotopic (exact) mass is 384 g/mol. The Kier molecular flexibility index (Phi) is 9.99. The molecule has 1 aromatic rings. The molecule has 1 aliphatic carbocycles. The average molecular weight is 385 g/mol. The van der Waals surface area contributed by atoms with Crippen LogP contribution in [0.15, 0.2) is 24.3 Å². The molecule has 148 valence electrons. The second-order valence-corrected chi connectivity index (χ2v) is 6.91. The van der Waals surface area contributed by atoms with Crippen LogP contribution in [0.1, 0.15) is 38.2 Å². The summed E-state index contributed by atoms with van der Waals surface area (Å²) >= 11 is 0. The molecule has 1 aromatic carbocycles. The van der Waals surface area contributed by atoms with Gasteiger partial charge < -0.3 is 20.1 Å². The molecule has 0 aliphatic heterocycles. The van der Waals surface area contributed by atoms with Crippen LogP contribution in [-0.2, 0) is 16.0 Å². The van der Waals surface area contributed by atoms with E-state index in [2.05, 4.69) is 19.1 Å². The van der Waals surface area contributed by atoms with E-state index >= 15 is 0 Å². The van der Waals surface area contributed by atoms with Crippen molar-refractivity contribution >= 4 is 18.3 Å². The SMILES string of the molecule is CCc1cccc(OCCCN(C)C(=O)[C@H]2CC[C@@H](OC)[C@H](N)C2)c1.Cl. The Morgan fingerprint density at radius 3 is 2.77 bits per heavy atom. The van der Waals surface area contributed by atoms with Gasteiger partial charge in [0, 0.05) is 32.7 Å². The summed E-state index contributed by atoms with van der Waals surface area (Å²) in [7, 11) is 3.56. The number of rotatable bonds is 8. The van der Waals surface area contributed by atoms with Crippen molar-refractivity contribution in [1.29, 1.82) is 0 Å². The third-order valence-corrected chi connectivity index (χ3v) is 5.08. The van der Waals surface area contributed by atoms with Crippen LogP contribution < -0.4 is 10.5 Å². The molecule has 0 spiro atoms. The van der Waals surface area contributed by atoms with E-state index < -0.39 is 0 Å². The first-order chi connectivity index (χ1) is 12.0. The van der Waals surface area contributed by atoms with Gasteiger partial charge in [0.15, 0.2) is 0 Å². The summed E-state index contributed by atoms with van der Waals surface area (Å²) in [6.45, 7) is 3.44. The van der Waals surface area contributed by atoms with Gasteiger partial charge in [-0.15, -0.1) is 12.4 Å². The standard InChI is InChI=1S/C20H32N2O3.ClH/c1-4-15-7-5-8-17(13-15)25-12-6-11-22(2)20(23)16-9-10-19(24-3)18(21)14-16;/h5,7-8,13,16,18-19H,4,6,9-12,14,21H2,1-3H3;1H/t16-,18+,19+;/m0./s1. The summed E-state index contributed by atoms with van der Waals surface area (Å²) in [6, 6.07) is 8.12. The fraction of sp³-hybridized carbons (Fsp3) is 0.650. The van der Waals surface area contributed by atoms with Gasteiger partial charge in [0.25, 0.3) is 0 Å². The number of carbonyl (C=O) groups is 1. The van der Waals surface area contributed by atoms with Crippen LogP contribution in [0.4, 0.5) is 0 Å². The lowest BCUT2D eigenvalue weighted by Crippen LogP contribution is -2.46. The number of amides is 1. The summed E-state index contributed by atoms with van der Waals surface area (Å²) in [5.74, 6) is 1.11. The number of halogens is 1. The van der Waals surface area contributed by atoms with E-state index in [-0.39, 0.29) is 36.4 Å². The van der Waals surface area contributed by atoms with E-state index in [9.17, 15) is 4.79 Å². The highest BCUT2D eigenvalue weighted by Crippen LogP contribution is 2.26. The van der Waals surface area contributed by atoms with E-state index in [1.165, 1.54) is 5.56 Å². The normalized spacial score (nSPS) is 22.4. The topological polar surface area (TPSA) is 64.8 Å². The molecule has 26 heavy (non-hydrogen) atoms. The molecule has 6 heteroatoms. The summed E-state index contributed by atoms with van der Waals surface area (Å²) < 4.78 is 11.2. The lowest BCUT2D eigenvalue weighted by molar-refractivity contribution is -0.136. The molecule has 1 amide bonds. The Bertz CT molecular complexity index is 556. The molecular weight excluding hydrogens is 352 g/mol. The maximum atomic E-state index is 12.6. The van der Waals surface area contributed by atoms with Gasteiger partial charge in [-0.3, -0.25) is 4.79 Å². The van der Waals surface area contributed by atoms with Crippen LogP contribution in [0.3, 0.4) is 0 Å². The number of carbonyl (C=O) groups excluding carboxylic acids is 1. The van der Waals surface area contributed by atoms with Crippen LogP contribution in [0.25, 0.3) is 0 Å². The Labute approximate surface area is 163 Å². The van der Waals surface area contributed by atoms with Crippen molar-refractivity contribution in [3.63, 3.8) is 0 Å². The molecule has 0 unspecified atom stereocenters. The van der Waals surface area contributed by atoms with Gasteiger partial charge in [-0.25, -0.2) is 0 Å². The molecule has 2 N–H and O–H groups in total. The fourth-order valence-electron chi connectivity index (χ4n) is 3.46. The van der Waals surface area contributed by atoms with E-state index in [0.29, 0.717) is 19.6 Å². The Morgan fingerprint density at radius 2 is 2.12 bits per heavy atom. The van der Waals surface area contributed by atoms with Crippen molar-refractivity contribution in [2.24, 2.45) is 11.7 Å². The molecule has 5 nitrogen and oxygen atoms in total. The maximum absolute atomic E-state index is 12.6. The van der Waals surface area contributed by atoms with Crippen LogP contribution in [-0.4, -0.2) is 50.3 Å². The van der Waals surface area contributed by atoms with Gasteiger partial charge in [0.1, 0.15) is 5.75 Å². The van der Waals surface area contributed by atoms with E-state index in [0.717, 1.165) is 31.4 Å². The van der Waals surface area contributed by atoms with Crippen molar-refractivity contribution in [3.8, 4) is 5.75 Å². The van der Waals surface area contributed by atoms with Gasteiger partial charge in [0.05, 0.1) is 12.7 Å². The summed E-state index contributed by atoms with van der Waals surface area (Å²) in [6.07, 6.45) is 4.33. The Balaban J connectivity index is 0.00000338. The minimum Gasteiger partial charge on any atom is -0.494 e. The number of methoxy groups -OCH3 is 1. The predicted octanol–water partition coefficient (Wildman–Crippen LogP) is 3.04. The number of nitrogens with zero attached hydrogens (tertiary/aromatic N) is 1. The highest BCUT2D eigenvalue weighted by Gasteiger charge is 2.33. The second kappa shape index (κ2) is 11.4. The lowest BCUT2D eigenvalue weighted by atomic mass is 9.83. The minimum atomic E-state index is -0.0460. The number of hydrogen-bond donors (Lipinski definition) is 1. The van der Waals surface area contributed by atoms with E-state index in [1.54, 1.807) is 7.11 Å². The third kappa shape index (κ3) is 6.45. The molecule has 1 saturated carbocycles. The Morgan fingerprint density at radius 1 is 1.35 bits per heavy atom. The fourth-order valence-corrected chi connectivity index (χ4v) is 3.46. The number of aryl methyl sites for hydroxylation is 1. The van der Waals surface area contributed by atoms with Gasteiger partial charge >= 0.3 is 0 Å². The number of nitrogens with two attached hydrogens (primary N) is 1. The zero-order valence-corrected chi connectivity index (χ0v) is 17.0. The Hall–Kier alpha value is -1.30. The van der Waals surface area contributed by atoms with E-state index in [4.69, 9.17) is 15.2 Å². The molecule has 3 atom stereocenters. The molecule has 0 saturated heterocycles. The quantitative estimate of drug-likeness (QED) is 0.699.